The topological polar surface area (TPSA) is 110 Å². The Morgan fingerprint density at radius 2 is 2.19 bits per heavy atom. The minimum atomic E-state index is -1.000. The van der Waals surface area contributed by atoms with Gasteiger partial charge in [0.25, 0.3) is 0 Å². The Morgan fingerprint density at radius 1 is 1.48 bits per heavy atom. The van der Waals surface area contributed by atoms with Crippen LogP contribution in [0, 0.1) is 13.8 Å². The first-order valence-electron chi connectivity index (χ1n) is 6.36. The molecule has 2 rings (SSSR count). The highest BCUT2D eigenvalue weighted by Gasteiger charge is 2.23. The number of anilines is 1. The van der Waals surface area contributed by atoms with Crippen LogP contribution in [-0.2, 0) is 16.1 Å². The highest BCUT2D eigenvalue weighted by molar-refractivity contribution is 5.95. The van der Waals surface area contributed by atoms with Crippen LogP contribution in [0.3, 0.4) is 0 Å². The molecule has 0 bridgehead atoms. The summed E-state index contributed by atoms with van der Waals surface area (Å²) in [5.41, 5.74) is 1.88. The lowest BCUT2D eigenvalue weighted by molar-refractivity contribution is -0.137. The molecule has 0 fully saturated rings. The normalized spacial score (nSPS) is 12.1. The Kier molecular flexibility index (Phi) is 4.06. The number of carbonyl (C=O) groups excluding carboxylic acids is 1. The fourth-order valence-corrected chi connectivity index (χ4v) is 2.14. The summed E-state index contributed by atoms with van der Waals surface area (Å²) < 4.78 is 6.29. The monoisotopic (exact) mass is 292 g/mol. The number of aromatic nitrogens is 3. The predicted molar refractivity (Wildman–Crippen MR) is 72.9 cm³/mol. The van der Waals surface area contributed by atoms with Crippen LogP contribution in [0.25, 0.3) is 0 Å². The quantitative estimate of drug-likeness (QED) is 0.859. The van der Waals surface area contributed by atoms with Crippen LogP contribution in [0.2, 0.25) is 0 Å². The van der Waals surface area contributed by atoms with E-state index in [4.69, 9.17) is 9.63 Å². The molecular formula is C13H16N4O4. The molecule has 2 aromatic rings. The molecule has 1 atom stereocenters. The van der Waals surface area contributed by atoms with Crippen LogP contribution in [0.1, 0.15) is 29.9 Å². The Bertz CT molecular complexity index is 654. The second-order valence-corrected chi connectivity index (χ2v) is 4.77. The number of nitrogens with zero attached hydrogens (tertiary/aromatic N) is 3. The Hall–Kier alpha value is -2.64. The van der Waals surface area contributed by atoms with Crippen LogP contribution < -0.4 is 5.32 Å². The van der Waals surface area contributed by atoms with Crippen LogP contribution >= 0.6 is 0 Å². The molecule has 1 amide bonds. The second-order valence-electron chi connectivity index (χ2n) is 4.77. The van der Waals surface area contributed by atoms with Gasteiger partial charge in [-0.3, -0.25) is 14.3 Å². The maximum absolute atomic E-state index is 12.2. The molecule has 2 heterocycles. The summed E-state index contributed by atoms with van der Waals surface area (Å²) in [5.74, 6) is -1.06. The summed E-state index contributed by atoms with van der Waals surface area (Å²) in [7, 11) is 0. The van der Waals surface area contributed by atoms with Crippen molar-refractivity contribution in [2.75, 3.05) is 5.32 Å². The third kappa shape index (κ3) is 3.28. The van der Waals surface area contributed by atoms with Crippen molar-refractivity contribution in [3.63, 3.8) is 0 Å². The fourth-order valence-electron chi connectivity index (χ4n) is 2.14. The number of aryl methyl sites for hydroxylation is 2. The van der Waals surface area contributed by atoms with Gasteiger partial charge in [0, 0.05) is 11.8 Å². The Balaban J connectivity index is 2.07. The molecule has 0 radical (unpaired) electrons. The van der Waals surface area contributed by atoms with Crippen molar-refractivity contribution in [1.29, 1.82) is 0 Å². The summed E-state index contributed by atoms with van der Waals surface area (Å²) in [4.78, 5) is 22.8. The molecule has 0 aliphatic heterocycles. The van der Waals surface area contributed by atoms with Crippen molar-refractivity contribution < 1.29 is 19.2 Å². The van der Waals surface area contributed by atoms with Gasteiger partial charge in [0.2, 0.25) is 5.91 Å². The zero-order valence-corrected chi connectivity index (χ0v) is 12.0. The van der Waals surface area contributed by atoms with Gasteiger partial charge in [-0.1, -0.05) is 5.16 Å². The average molecular weight is 292 g/mol. The average Bonchev–Trinajstić information content (AvgIpc) is 2.95. The van der Waals surface area contributed by atoms with E-state index in [1.807, 2.05) is 0 Å². The lowest BCUT2D eigenvalue weighted by Gasteiger charge is -2.10. The third-order valence-corrected chi connectivity index (χ3v) is 3.11. The molecule has 0 aliphatic carbocycles. The molecule has 21 heavy (non-hydrogen) atoms. The van der Waals surface area contributed by atoms with Gasteiger partial charge < -0.3 is 14.9 Å². The number of carboxylic acids is 1. The molecule has 0 saturated carbocycles. The van der Waals surface area contributed by atoms with Crippen LogP contribution in [0.15, 0.2) is 16.9 Å². The van der Waals surface area contributed by atoms with Gasteiger partial charge in [0.15, 0.2) is 0 Å². The van der Waals surface area contributed by atoms with Crippen LogP contribution in [0.5, 0.6) is 0 Å². The summed E-state index contributed by atoms with van der Waals surface area (Å²) >= 11 is 0. The van der Waals surface area contributed by atoms with Gasteiger partial charge in [-0.05, 0) is 20.8 Å². The van der Waals surface area contributed by atoms with Gasteiger partial charge in [-0.15, -0.1) is 0 Å². The summed E-state index contributed by atoms with van der Waals surface area (Å²) in [6.07, 6.45) is 2.87. The summed E-state index contributed by atoms with van der Waals surface area (Å²) in [6, 6.07) is 0. The van der Waals surface area contributed by atoms with Crippen molar-refractivity contribution in [3.8, 4) is 0 Å². The molecule has 2 aromatic heterocycles. The van der Waals surface area contributed by atoms with Gasteiger partial charge in [0.1, 0.15) is 12.3 Å². The lowest BCUT2D eigenvalue weighted by atomic mass is 9.99. The molecular weight excluding hydrogens is 276 g/mol. The van der Waals surface area contributed by atoms with Crippen LogP contribution in [-0.4, -0.2) is 31.9 Å². The highest BCUT2D eigenvalue weighted by Crippen LogP contribution is 2.24. The largest absolute Gasteiger partial charge is 0.480 e. The third-order valence-electron chi connectivity index (χ3n) is 3.11. The zero-order valence-electron chi connectivity index (χ0n) is 12.0. The van der Waals surface area contributed by atoms with E-state index in [-0.39, 0.29) is 12.5 Å². The SMILES string of the molecule is Cc1noc(C)c1C(C)C(=O)Nc1cnn(CC(=O)O)c1. The molecule has 0 aliphatic rings. The van der Waals surface area contributed by atoms with E-state index in [1.54, 1.807) is 20.8 Å². The molecule has 2 N–H and O–H groups in total. The van der Waals surface area contributed by atoms with Crippen molar-refractivity contribution >= 4 is 17.6 Å². The predicted octanol–water partition coefficient (Wildman–Crippen LogP) is 1.31. The molecule has 0 aromatic carbocycles. The minimum absolute atomic E-state index is 0.237. The van der Waals surface area contributed by atoms with Gasteiger partial charge in [0.05, 0.1) is 23.5 Å². The number of carboxylic acid groups (broad SMARTS) is 1. The van der Waals surface area contributed by atoms with Gasteiger partial charge in [-0.2, -0.15) is 5.10 Å². The number of amides is 1. The first-order chi connectivity index (χ1) is 9.88. The number of hydrogen-bond acceptors (Lipinski definition) is 5. The van der Waals surface area contributed by atoms with Crippen LogP contribution in [0.4, 0.5) is 5.69 Å². The first kappa shape index (κ1) is 14.8. The minimum Gasteiger partial charge on any atom is -0.480 e. The molecule has 0 spiro atoms. The van der Waals surface area contributed by atoms with E-state index < -0.39 is 11.9 Å². The van der Waals surface area contributed by atoms with E-state index in [9.17, 15) is 9.59 Å². The Morgan fingerprint density at radius 3 is 2.76 bits per heavy atom. The molecule has 8 nitrogen and oxygen atoms in total. The molecule has 112 valence electrons. The van der Waals surface area contributed by atoms with E-state index in [0.717, 1.165) is 5.56 Å². The van der Waals surface area contributed by atoms with E-state index in [2.05, 4.69) is 15.6 Å². The van der Waals surface area contributed by atoms with Gasteiger partial charge in [-0.25, -0.2) is 0 Å². The molecule has 1 unspecified atom stereocenters. The van der Waals surface area contributed by atoms with Crippen molar-refractivity contribution in [2.45, 2.75) is 33.2 Å². The number of aliphatic carboxylic acids is 1. The van der Waals surface area contributed by atoms with Crippen molar-refractivity contribution in [1.82, 2.24) is 14.9 Å². The molecule has 0 saturated heterocycles. The maximum atomic E-state index is 12.2. The number of nitrogens with one attached hydrogen (secondary N) is 1. The van der Waals surface area contributed by atoms with Crippen molar-refractivity contribution in [3.05, 3.63) is 29.4 Å². The number of rotatable bonds is 5. The van der Waals surface area contributed by atoms with E-state index in [1.165, 1.54) is 17.1 Å². The number of hydrogen-bond donors (Lipinski definition) is 2. The maximum Gasteiger partial charge on any atom is 0.325 e. The molecule has 8 heteroatoms. The van der Waals surface area contributed by atoms with E-state index in [0.29, 0.717) is 17.1 Å². The lowest BCUT2D eigenvalue weighted by Crippen LogP contribution is -2.19. The summed E-state index contributed by atoms with van der Waals surface area (Å²) in [5, 5.41) is 19.0. The highest BCUT2D eigenvalue weighted by atomic mass is 16.5. The standard InChI is InChI=1S/C13H16N4O4/c1-7(12-8(2)16-21-9(12)3)13(20)15-10-4-14-17(5-10)6-11(18)19/h4-5,7H,6H2,1-3H3,(H,15,20)(H,18,19). The smallest absolute Gasteiger partial charge is 0.325 e. The number of carbonyl (C=O) groups is 2. The first-order valence-corrected chi connectivity index (χ1v) is 6.36. The van der Waals surface area contributed by atoms with E-state index >= 15 is 0 Å². The van der Waals surface area contributed by atoms with Crippen molar-refractivity contribution in [2.24, 2.45) is 0 Å². The zero-order chi connectivity index (χ0) is 15.6. The summed E-state index contributed by atoms with van der Waals surface area (Å²) in [6.45, 7) is 5.03. The Labute approximate surface area is 120 Å². The van der Waals surface area contributed by atoms with Gasteiger partial charge >= 0.3 is 5.97 Å². The second kappa shape index (κ2) is 5.78. The fraction of sp³-hybridized carbons (Fsp3) is 0.385.